The molecule has 5 heteroatoms. The molecule has 0 aliphatic carbocycles. The third kappa shape index (κ3) is 7.78. The van der Waals surface area contributed by atoms with Gasteiger partial charge in [0.15, 0.2) is 0 Å². The van der Waals surface area contributed by atoms with Crippen LogP contribution in [-0.2, 0) is 9.53 Å². The third-order valence-corrected chi connectivity index (χ3v) is 1.67. The summed E-state index contributed by atoms with van der Waals surface area (Å²) in [6.07, 6.45) is -0.116. The van der Waals surface area contributed by atoms with E-state index in [1.54, 1.807) is 27.7 Å². The van der Waals surface area contributed by atoms with Crippen LogP contribution in [0.4, 0.5) is 4.79 Å². The lowest BCUT2D eigenvalue weighted by atomic mass is 10.1. The number of carboxylic acids is 1. The highest BCUT2D eigenvalue weighted by Gasteiger charge is 2.16. The van der Waals surface area contributed by atoms with Gasteiger partial charge >= 0.3 is 12.1 Å². The molecule has 0 radical (unpaired) electrons. The van der Waals surface area contributed by atoms with Gasteiger partial charge in [-0.1, -0.05) is 6.92 Å². The molecule has 15 heavy (non-hydrogen) atoms. The molecule has 1 unspecified atom stereocenters. The first-order chi connectivity index (χ1) is 6.72. The Morgan fingerprint density at radius 1 is 1.40 bits per heavy atom. The Balaban J connectivity index is 3.69. The van der Waals surface area contributed by atoms with E-state index in [1.807, 2.05) is 0 Å². The van der Waals surface area contributed by atoms with Gasteiger partial charge in [0.25, 0.3) is 0 Å². The number of rotatable bonds is 4. The van der Waals surface area contributed by atoms with Crippen molar-refractivity contribution in [3.8, 4) is 0 Å². The molecule has 0 spiro atoms. The number of ether oxygens (including phenoxy) is 1. The number of alkyl carbamates (subject to hydrolysis) is 1. The van der Waals surface area contributed by atoms with Crippen LogP contribution < -0.4 is 5.32 Å². The lowest BCUT2D eigenvalue weighted by Crippen LogP contribution is -2.33. The highest BCUT2D eigenvalue weighted by atomic mass is 16.6. The maximum Gasteiger partial charge on any atom is 0.407 e. The Bertz CT molecular complexity index is 232. The van der Waals surface area contributed by atoms with E-state index in [9.17, 15) is 9.59 Å². The minimum atomic E-state index is -0.860. The second kappa shape index (κ2) is 5.58. The van der Waals surface area contributed by atoms with Crippen molar-refractivity contribution >= 4 is 12.1 Å². The standard InChI is InChI=1S/C10H19NO4/c1-7(8(12)13)5-6-11-9(14)15-10(2,3)4/h7H,5-6H2,1-4H3,(H,11,14)(H,12,13). The van der Waals surface area contributed by atoms with E-state index in [0.717, 1.165) is 0 Å². The molecule has 5 nitrogen and oxygen atoms in total. The Kier molecular flexibility index (Phi) is 5.11. The monoisotopic (exact) mass is 217 g/mol. The number of carboxylic acid groups (broad SMARTS) is 1. The van der Waals surface area contributed by atoms with Crippen molar-refractivity contribution in [1.82, 2.24) is 5.32 Å². The molecule has 88 valence electrons. The molecule has 0 aromatic rings. The number of aliphatic carboxylic acids is 1. The summed E-state index contributed by atoms with van der Waals surface area (Å²) in [5.74, 6) is -1.32. The van der Waals surface area contributed by atoms with E-state index >= 15 is 0 Å². The highest BCUT2D eigenvalue weighted by molar-refractivity contribution is 5.70. The predicted molar refractivity (Wildman–Crippen MR) is 55.7 cm³/mol. The van der Waals surface area contributed by atoms with E-state index in [-0.39, 0.29) is 0 Å². The fourth-order valence-electron chi connectivity index (χ4n) is 0.828. The predicted octanol–water partition coefficient (Wildman–Crippen LogP) is 1.62. The summed E-state index contributed by atoms with van der Waals surface area (Å²) in [4.78, 5) is 21.6. The minimum Gasteiger partial charge on any atom is -0.481 e. The maximum absolute atomic E-state index is 11.1. The van der Waals surface area contributed by atoms with Crippen LogP contribution in [0.15, 0.2) is 0 Å². The first kappa shape index (κ1) is 13.7. The average Bonchev–Trinajstić information content (AvgIpc) is 2.00. The summed E-state index contributed by atoms with van der Waals surface area (Å²) >= 11 is 0. The van der Waals surface area contributed by atoms with Gasteiger partial charge in [-0.15, -0.1) is 0 Å². The smallest absolute Gasteiger partial charge is 0.407 e. The Hall–Kier alpha value is -1.26. The summed E-state index contributed by atoms with van der Waals surface area (Å²) in [6.45, 7) is 7.22. The summed E-state index contributed by atoms with van der Waals surface area (Å²) in [5.41, 5.74) is -0.525. The molecule has 0 bridgehead atoms. The number of nitrogens with one attached hydrogen (secondary N) is 1. The van der Waals surface area contributed by atoms with Crippen molar-refractivity contribution in [3.63, 3.8) is 0 Å². The van der Waals surface area contributed by atoms with Gasteiger partial charge in [-0.2, -0.15) is 0 Å². The van der Waals surface area contributed by atoms with Gasteiger partial charge in [-0.05, 0) is 27.2 Å². The first-order valence-corrected chi connectivity index (χ1v) is 4.92. The average molecular weight is 217 g/mol. The maximum atomic E-state index is 11.1. The van der Waals surface area contributed by atoms with Crippen LogP contribution in [-0.4, -0.2) is 29.3 Å². The molecule has 0 saturated heterocycles. The van der Waals surface area contributed by atoms with Crippen LogP contribution in [0, 0.1) is 5.92 Å². The van der Waals surface area contributed by atoms with E-state index in [0.29, 0.717) is 13.0 Å². The normalized spacial score (nSPS) is 13.1. The van der Waals surface area contributed by atoms with Crippen LogP contribution in [0.3, 0.4) is 0 Å². The molecule has 1 atom stereocenters. The van der Waals surface area contributed by atoms with Crippen molar-refractivity contribution in [3.05, 3.63) is 0 Å². The number of carbonyl (C=O) groups is 2. The summed E-state index contributed by atoms with van der Waals surface area (Å²) in [6, 6.07) is 0. The fourth-order valence-corrected chi connectivity index (χ4v) is 0.828. The van der Waals surface area contributed by atoms with Crippen molar-refractivity contribution in [2.45, 2.75) is 39.7 Å². The SMILES string of the molecule is CC(CCNC(=O)OC(C)(C)C)C(=O)O. The van der Waals surface area contributed by atoms with Gasteiger partial charge in [0.2, 0.25) is 0 Å². The summed E-state index contributed by atoms with van der Waals surface area (Å²) < 4.78 is 4.98. The van der Waals surface area contributed by atoms with E-state index < -0.39 is 23.6 Å². The van der Waals surface area contributed by atoms with Gasteiger partial charge in [0.05, 0.1) is 5.92 Å². The Morgan fingerprint density at radius 3 is 2.33 bits per heavy atom. The lowest BCUT2D eigenvalue weighted by Gasteiger charge is -2.19. The second-order valence-electron chi connectivity index (χ2n) is 4.46. The van der Waals surface area contributed by atoms with Gasteiger partial charge in [0, 0.05) is 6.54 Å². The molecule has 1 amide bonds. The van der Waals surface area contributed by atoms with Crippen LogP contribution in [0.25, 0.3) is 0 Å². The van der Waals surface area contributed by atoms with Gasteiger partial charge < -0.3 is 15.2 Å². The fraction of sp³-hybridized carbons (Fsp3) is 0.800. The third-order valence-electron chi connectivity index (χ3n) is 1.67. The van der Waals surface area contributed by atoms with Gasteiger partial charge in [0.1, 0.15) is 5.60 Å². The molecule has 0 aliphatic rings. The minimum absolute atomic E-state index is 0.308. The molecular formula is C10H19NO4. The first-order valence-electron chi connectivity index (χ1n) is 4.92. The highest BCUT2D eigenvalue weighted by Crippen LogP contribution is 2.06. The largest absolute Gasteiger partial charge is 0.481 e. The summed E-state index contributed by atoms with van der Waals surface area (Å²) in [5, 5.41) is 11.1. The molecule has 2 N–H and O–H groups in total. The quantitative estimate of drug-likeness (QED) is 0.750. The molecule has 0 aromatic heterocycles. The number of hydrogen-bond donors (Lipinski definition) is 2. The van der Waals surface area contributed by atoms with Crippen LogP contribution in [0.2, 0.25) is 0 Å². The molecule has 0 aliphatic heterocycles. The van der Waals surface area contributed by atoms with Crippen LogP contribution in [0.1, 0.15) is 34.1 Å². The van der Waals surface area contributed by atoms with Crippen molar-refractivity contribution in [2.24, 2.45) is 5.92 Å². The molecule has 0 fully saturated rings. The number of carbonyl (C=O) groups excluding carboxylic acids is 1. The zero-order valence-corrected chi connectivity index (χ0v) is 9.66. The van der Waals surface area contributed by atoms with Crippen LogP contribution in [0.5, 0.6) is 0 Å². The molecule has 0 aromatic carbocycles. The Labute approximate surface area is 89.8 Å². The van der Waals surface area contributed by atoms with E-state index in [4.69, 9.17) is 9.84 Å². The van der Waals surface area contributed by atoms with Crippen LogP contribution >= 0.6 is 0 Å². The van der Waals surface area contributed by atoms with Crippen molar-refractivity contribution < 1.29 is 19.4 Å². The second-order valence-corrected chi connectivity index (χ2v) is 4.46. The topological polar surface area (TPSA) is 75.6 Å². The molecule has 0 saturated carbocycles. The zero-order chi connectivity index (χ0) is 12.1. The molecule has 0 heterocycles. The molecular weight excluding hydrogens is 198 g/mol. The number of amides is 1. The van der Waals surface area contributed by atoms with E-state index in [2.05, 4.69) is 5.32 Å². The Morgan fingerprint density at radius 2 is 1.93 bits per heavy atom. The van der Waals surface area contributed by atoms with E-state index in [1.165, 1.54) is 0 Å². The lowest BCUT2D eigenvalue weighted by molar-refractivity contribution is -0.141. The number of hydrogen-bond acceptors (Lipinski definition) is 3. The van der Waals surface area contributed by atoms with Crippen molar-refractivity contribution in [2.75, 3.05) is 6.54 Å². The van der Waals surface area contributed by atoms with Crippen molar-refractivity contribution in [1.29, 1.82) is 0 Å². The summed E-state index contributed by atoms with van der Waals surface area (Å²) in [7, 11) is 0. The zero-order valence-electron chi connectivity index (χ0n) is 9.66. The molecule has 0 rings (SSSR count). The van der Waals surface area contributed by atoms with Gasteiger partial charge in [-0.25, -0.2) is 4.79 Å². The van der Waals surface area contributed by atoms with Gasteiger partial charge in [-0.3, -0.25) is 4.79 Å².